The lowest BCUT2D eigenvalue weighted by atomic mass is 10.1. The second-order valence-electron chi connectivity index (χ2n) is 3.79. The molecule has 2 rings (SSSR count). The maximum atomic E-state index is 3.56. The van der Waals surface area contributed by atoms with E-state index in [1.54, 1.807) is 0 Å². The van der Waals surface area contributed by atoms with Gasteiger partial charge in [-0.1, -0.05) is 13.8 Å². The summed E-state index contributed by atoms with van der Waals surface area (Å²) in [6.07, 6.45) is 6.70. The third-order valence-corrected chi connectivity index (χ3v) is 5.31. The van der Waals surface area contributed by atoms with Gasteiger partial charge in [0.25, 0.3) is 0 Å². The summed E-state index contributed by atoms with van der Waals surface area (Å²) in [5.41, 5.74) is 2.87. The molecule has 0 spiro atoms. The minimum absolute atomic E-state index is 1.09. The van der Waals surface area contributed by atoms with Crippen LogP contribution in [0.4, 0.5) is 0 Å². The highest BCUT2D eigenvalue weighted by molar-refractivity contribution is 9.11. The predicted molar refractivity (Wildman–Crippen MR) is 84.0 cm³/mol. The summed E-state index contributed by atoms with van der Waals surface area (Å²) in [6, 6.07) is 4.44. The molecule has 17 heavy (non-hydrogen) atoms. The van der Waals surface area contributed by atoms with Crippen LogP contribution in [0.2, 0.25) is 0 Å². The fraction of sp³-hybridized carbons (Fsp3) is 0.286. The molecule has 0 atom stereocenters. The van der Waals surface area contributed by atoms with Gasteiger partial charge in [0.2, 0.25) is 0 Å². The van der Waals surface area contributed by atoms with Crippen molar-refractivity contribution in [2.45, 2.75) is 26.7 Å². The monoisotopic (exact) mass is 326 g/mol. The quantitative estimate of drug-likeness (QED) is 0.659. The SMILES string of the molecule is CCc1ccsc1/C=C/c1sc(Br)cc1CC. The van der Waals surface area contributed by atoms with Crippen molar-refractivity contribution in [1.82, 2.24) is 0 Å². The van der Waals surface area contributed by atoms with Gasteiger partial charge in [0.15, 0.2) is 0 Å². The van der Waals surface area contributed by atoms with E-state index in [2.05, 4.69) is 59.4 Å². The molecule has 3 heteroatoms. The Morgan fingerprint density at radius 1 is 1.12 bits per heavy atom. The molecule has 0 fully saturated rings. The number of aryl methyl sites for hydroxylation is 2. The Bertz CT molecular complexity index is 520. The third kappa shape index (κ3) is 3.09. The first-order valence-electron chi connectivity index (χ1n) is 5.77. The first-order valence-corrected chi connectivity index (χ1v) is 8.26. The van der Waals surface area contributed by atoms with Gasteiger partial charge < -0.3 is 0 Å². The first-order chi connectivity index (χ1) is 8.24. The summed E-state index contributed by atoms with van der Waals surface area (Å²) in [6.45, 7) is 4.41. The highest BCUT2D eigenvalue weighted by atomic mass is 79.9. The zero-order valence-corrected chi connectivity index (χ0v) is 13.2. The highest BCUT2D eigenvalue weighted by Gasteiger charge is 2.04. The second kappa shape index (κ2) is 5.98. The molecule has 0 saturated carbocycles. The molecule has 0 N–H and O–H groups in total. The normalized spacial score (nSPS) is 11.5. The molecular weight excluding hydrogens is 312 g/mol. The molecule has 0 amide bonds. The van der Waals surface area contributed by atoms with Crippen LogP contribution in [0.5, 0.6) is 0 Å². The number of rotatable bonds is 4. The van der Waals surface area contributed by atoms with E-state index in [1.807, 2.05) is 22.7 Å². The van der Waals surface area contributed by atoms with Crippen LogP contribution in [0, 0.1) is 0 Å². The maximum Gasteiger partial charge on any atom is 0.0707 e. The van der Waals surface area contributed by atoms with Crippen molar-refractivity contribution in [1.29, 1.82) is 0 Å². The van der Waals surface area contributed by atoms with Crippen LogP contribution in [-0.2, 0) is 12.8 Å². The summed E-state index contributed by atoms with van der Waals surface area (Å²) in [5.74, 6) is 0. The van der Waals surface area contributed by atoms with E-state index in [9.17, 15) is 0 Å². The first kappa shape index (κ1) is 13.1. The van der Waals surface area contributed by atoms with Gasteiger partial charge >= 0.3 is 0 Å². The molecule has 2 aromatic rings. The summed E-state index contributed by atoms with van der Waals surface area (Å²) < 4.78 is 1.22. The molecule has 0 aliphatic rings. The summed E-state index contributed by atoms with van der Waals surface area (Å²) in [4.78, 5) is 2.76. The minimum atomic E-state index is 1.09. The van der Waals surface area contributed by atoms with E-state index in [-0.39, 0.29) is 0 Å². The van der Waals surface area contributed by atoms with Crippen molar-refractivity contribution in [2.75, 3.05) is 0 Å². The zero-order chi connectivity index (χ0) is 12.3. The van der Waals surface area contributed by atoms with Gasteiger partial charge in [-0.15, -0.1) is 22.7 Å². The van der Waals surface area contributed by atoms with Gasteiger partial charge in [-0.2, -0.15) is 0 Å². The lowest BCUT2D eigenvalue weighted by Crippen LogP contribution is -1.78. The molecule has 0 aliphatic carbocycles. The van der Waals surface area contributed by atoms with Gasteiger partial charge in [-0.25, -0.2) is 0 Å². The van der Waals surface area contributed by atoms with E-state index in [0.29, 0.717) is 0 Å². The minimum Gasteiger partial charge on any atom is -0.144 e. The smallest absolute Gasteiger partial charge is 0.0707 e. The summed E-state index contributed by atoms with van der Waals surface area (Å²) in [5, 5.41) is 2.17. The highest BCUT2D eigenvalue weighted by Crippen LogP contribution is 2.30. The molecule has 0 aliphatic heterocycles. The Balaban J connectivity index is 2.25. The molecule has 2 aromatic heterocycles. The fourth-order valence-corrected chi connectivity index (χ4v) is 4.33. The number of halogens is 1. The second-order valence-corrected chi connectivity index (χ2v) is 7.20. The van der Waals surface area contributed by atoms with Gasteiger partial charge in [0.05, 0.1) is 3.79 Å². The lowest BCUT2D eigenvalue weighted by molar-refractivity contribution is 1.15. The van der Waals surface area contributed by atoms with Crippen molar-refractivity contribution < 1.29 is 0 Å². The van der Waals surface area contributed by atoms with Crippen molar-refractivity contribution in [2.24, 2.45) is 0 Å². The van der Waals surface area contributed by atoms with Crippen molar-refractivity contribution in [3.63, 3.8) is 0 Å². The Morgan fingerprint density at radius 3 is 2.53 bits per heavy atom. The van der Waals surface area contributed by atoms with E-state index in [0.717, 1.165) is 12.8 Å². The molecule has 0 unspecified atom stereocenters. The average Bonchev–Trinajstić information content (AvgIpc) is 2.91. The van der Waals surface area contributed by atoms with Crippen LogP contribution < -0.4 is 0 Å². The Labute approximate surface area is 119 Å². The molecule has 0 aromatic carbocycles. The Kier molecular flexibility index (Phi) is 4.60. The van der Waals surface area contributed by atoms with Crippen molar-refractivity contribution in [3.8, 4) is 0 Å². The Hall–Kier alpha value is -0.380. The molecule has 2 heterocycles. The van der Waals surface area contributed by atoms with E-state index in [1.165, 1.54) is 24.7 Å². The van der Waals surface area contributed by atoms with Crippen LogP contribution in [0.1, 0.15) is 34.7 Å². The standard InChI is InChI=1S/C14H15BrS2/c1-3-10-7-8-16-12(10)5-6-13-11(4-2)9-14(15)17-13/h5-9H,3-4H2,1-2H3/b6-5+. The number of hydrogen-bond donors (Lipinski definition) is 0. The zero-order valence-electron chi connectivity index (χ0n) is 10.00. The van der Waals surface area contributed by atoms with Crippen LogP contribution >= 0.6 is 38.6 Å². The van der Waals surface area contributed by atoms with E-state index >= 15 is 0 Å². The summed E-state index contributed by atoms with van der Waals surface area (Å²) in [7, 11) is 0. The van der Waals surface area contributed by atoms with Crippen LogP contribution in [-0.4, -0.2) is 0 Å². The van der Waals surface area contributed by atoms with Crippen LogP contribution in [0.15, 0.2) is 21.3 Å². The van der Waals surface area contributed by atoms with Gasteiger partial charge in [0, 0.05) is 9.75 Å². The van der Waals surface area contributed by atoms with Gasteiger partial charge in [-0.05, 0) is 69.6 Å². The Morgan fingerprint density at radius 2 is 1.82 bits per heavy atom. The number of thiophene rings is 2. The molecule has 0 saturated heterocycles. The fourth-order valence-electron chi connectivity index (χ4n) is 1.76. The summed E-state index contributed by atoms with van der Waals surface area (Å²) >= 11 is 7.19. The van der Waals surface area contributed by atoms with Gasteiger partial charge in [-0.3, -0.25) is 0 Å². The number of hydrogen-bond acceptors (Lipinski definition) is 2. The molecule has 90 valence electrons. The van der Waals surface area contributed by atoms with E-state index < -0.39 is 0 Å². The maximum absolute atomic E-state index is 3.56. The topological polar surface area (TPSA) is 0 Å². The lowest BCUT2D eigenvalue weighted by Gasteiger charge is -1.95. The molecule has 0 radical (unpaired) electrons. The van der Waals surface area contributed by atoms with Crippen molar-refractivity contribution >= 4 is 50.8 Å². The largest absolute Gasteiger partial charge is 0.144 e. The van der Waals surface area contributed by atoms with Gasteiger partial charge in [0.1, 0.15) is 0 Å². The molecule has 0 bridgehead atoms. The molecule has 0 nitrogen and oxygen atoms in total. The van der Waals surface area contributed by atoms with E-state index in [4.69, 9.17) is 0 Å². The molecular formula is C14H15BrS2. The average molecular weight is 327 g/mol. The third-order valence-electron chi connectivity index (χ3n) is 2.74. The predicted octanol–water partition coefficient (Wildman–Crippen LogP) is 5.87. The van der Waals surface area contributed by atoms with Crippen molar-refractivity contribution in [3.05, 3.63) is 42.2 Å². The van der Waals surface area contributed by atoms with Crippen LogP contribution in [0.25, 0.3) is 12.2 Å². The van der Waals surface area contributed by atoms with Crippen LogP contribution in [0.3, 0.4) is 0 Å².